The standard InChI is InChI=1S/C14H26N2O2/c1-12(2)11-18-9-8-15-10-14(17)16-13-6-4-3-5-7-13/h13,15H,1,3-11H2,2H3,(H,16,17). The summed E-state index contributed by atoms with van der Waals surface area (Å²) in [5.74, 6) is 0.0989. The molecule has 1 rings (SSSR count). The van der Waals surface area contributed by atoms with Crippen molar-refractivity contribution in [2.45, 2.75) is 45.1 Å². The van der Waals surface area contributed by atoms with Gasteiger partial charge in [-0.3, -0.25) is 4.79 Å². The zero-order chi connectivity index (χ0) is 13.2. The molecule has 0 spiro atoms. The molecule has 0 unspecified atom stereocenters. The van der Waals surface area contributed by atoms with Gasteiger partial charge in [0.05, 0.1) is 19.8 Å². The van der Waals surface area contributed by atoms with E-state index in [1.807, 2.05) is 6.92 Å². The fraction of sp³-hybridized carbons (Fsp3) is 0.786. The van der Waals surface area contributed by atoms with E-state index in [0.717, 1.165) is 18.4 Å². The van der Waals surface area contributed by atoms with Crippen LogP contribution in [0, 0.1) is 0 Å². The minimum atomic E-state index is 0.0989. The summed E-state index contributed by atoms with van der Waals surface area (Å²) >= 11 is 0. The summed E-state index contributed by atoms with van der Waals surface area (Å²) in [5, 5.41) is 6.15. The van der Waals surface area contributed by atoms with Gasteiger partial charge in [0, 0.05) is 12.6 Å². The molecule has 1 fully saturated rings. The third-order valence-electron chi connectivity index (χ3n) is 3.03. The first kappa shape index (κ1) is 15.2. The molecule has 0 bridgehead atoms. The van der Waals surface area contributed by atoms with Gasteiger partial charge in [-0.25, -0.2) is 0 Å². The van der Waals surface area contributed by atoms with Crippen molar-refractivity contribution in [1.29, 1.82) is 0 Å². The lowest BCUT2D eigenvalue weighted by Crippen LogP contribution is -2.41. The molecule has 0 aromatic heterocycles. The SMILES string of the molecule is C=C(C)COCCNCC(=O)NC1CCCCC1. The molecule has 0 heterocycles. The fourth-order valence-electron chi connectivity index (χ4n) is 2.12. The number of ether oxygens (including phenoxy) is 1. The fourth-order valence-corrected chi connectivity index (χ4v) is 2.12. The Balaban J connectivity index is 1.94. The van der Waals surface area contributed by atoms with E-state index in [9.17, 15) is 4.79 Å². The van der Waals surface area contributed by atoms with Crippen LogP contribution < -0.4 is 10.6 Å². The summed E-state index contributed by atoms with van der Waals surface area (Å²) in [4.78, 5) is 11.6. The van der Waals surface area contributed by atoms with E-state index in [1.165, 1.54) is 19.3 Å². The molecule has 104 valence electrons. The van der Waals surface area contributed by atoms with Gasteiger partial charge in [0.2, 0.25) is 5.91 Å². The Kier molecular flexibility index (Phi) is 7.69. The van der Waals surface area contributed by atoms with Gasteiger partial charge in [-0.2, -0.15) is 0 Å². The maximum atomic E-state index is 11.6. The van der Waals surface area contributed by atoms with Gasteiger partial charge in [-0.15, -0.1) is 0 Å². The Labute approximate surface area is 110 Å². The smallest absolute Gasteiger partial charge is 0.234 e. The number of amides is 1. The van der Waals surface area contributed by atoms with Crippen LogP contribution >= 0.6 is 0 Å². The monoisotopic (exact) mass is 254 g/mol. The average molecular weight is 254 g/mol. The molecule has 2 N–H and O–H groups in total. The molecule has 0 aromatic rings. The van der Waals surface area contributed by atoms with E-state index in [-0.39, 0.29) is 5.91 Å². The molecule has 4 nitrogen and oxygen atoms in total. The second-order valence-corrected chi connectivity index (χ2v) is 5.09. The van der Waals surface area contributed by atoms with Crippen molar-refractivity contribution in [3.63, 3.8) is 0 Å². The third kappa shape index (κ3) is 7.45. The lowest BCUT2D eigenvalue weighted by molar-refractivity contribution is -0.121. The highest BCUT2D eigenvalue weighted by molar-refractivity contribution is 5.78. The van der Waals surface area contributed by atoms with E-state index in [0.29, 0.717) is 32.3 Å². The number of hydrogen-bond acceptors (Lipinski definition) is 3. The predicted molar refractivity (Wildman–Crippen MR) is 73.5 cm³/mol. The van der Waals surface area contributed by atoms with Crippen LogP contribution in [0.25, 0.3) is 0 Å². The largest absolute Gasteiger partial charge is 0.376 e. The van der Waals surface area contributed by atoms with Crippen LogP contribution in [0.3, 0.4) is 0 Å². The summed E-state index contributed by atoms with van der Waals surface area (Å²) in [7, 11) is 0. The molecule has 0 atom stereocenters. The second kappa shape index (κ2) is 9.11. The van der Waals surface area contributed by atoms with E-state index in [2.05, 4.69) is 17.2 Å². The predicted octanol–water partition coefficient (Wildman–Crippen LogP) is 1.62. The van der Waals surface area contributed by atoms with Crippen molar-refractivity contribution in [3.8, 4) is 0 Å². The van der Waals surface area contributed by atoms with Crippen LogP contribution in [-0.4, -0.2) is 38.3 Å². The zero-order valence-electron chi connectivity index (χ0n) is 11.5. The first-order valence-electron chi connectivity index (χ1n) is 6.90. The number of nitrogens with one attached hydrogen (secondary N) is 2. The first-order valence-corrected chi connectivity index (χ1v) is 6.90. The lowest BCUT2D eigenvalue weighted by atomic mass is 9.95. The third-order valence-corrected chi connectivity index (χ3v) is 3.03. The molecular formula is C14H26N2O2. The molecule has 0 aliphatic heterocycles. The maximum Gasteiger partial charge on any atom is 0.234 e. The first-order chi connectivity index (χ1) is 8.68. The molecule has 0 aromatic carbocycles. The summed E-state index contributed by atoms with van der Waals surface area (Å²) in [6.07, 6.45) is 6.06. The average Bonchev–Trinajstić information content (AvgIpc) is 2.34. The summed E-state index contributed by atoms with van der Waals surface area (Å²) < 4.78 is 5.33. The Hall–Kier alpha value is -0.870. The van der Waals surface area contributed by atoms with E-state index >= 15 is 0 Å². The molecule has 1 saturated carbocycles. The Morgan fingerprint density at radius 3 is 2.72 bits per heavy atom. The van der Waals surface area contributed by atoms with Gasteiger partial charge in [-0.1, -0.05) is 31.4 Å². The van der Waals surface area contributed by atoms with Gasteiger partial charge in [0.15, 0.2) is 0 Å². The molecule has 1 aliphatic carbocycles. The number of carbonyl (C=O) groups excluding carboxylic acids is 1. The minimum Gasteiger partial charge on any atom is -0.376 e. The lowest BCUT2D eigenvalue weighted by Gasteiger charge is -2.22. The number of hydrogen-bond donors (Lipinski definition) is 2. The molecule has 1 aliphatic rings. The molecule has 4 heteroatoms. The van der Waals surface area contributed by atoms with Crippen LogP contribution in [0.2, 0.25) is 0 Å². The van der Waals surface area contributed by atoms with Gasteiger partial charge in [-0.05, 0) is 19.8 Å². The molecular weight excluding hydrogens is 228 g/mol. The van der Waals surface area contributed by atoms with Crippen molar-refractivity contribution in [3.05, 3.63) is 12.2 Å². The Morgan fingerprint density at radius 1 is 1.33 bits per heavy atom. The minimum absolute atomic E-state index is 0.0989. The van der Waals surface area contributed by atoms with Gasteiger partial charge in [0.25, 0.3) is 0 Å². The molecule has 0 saturated heterocycles. The maximum absolute atomic E-state index is 11.6. The van der Waals surface area contributed by atoms with Crippen molar-refractivity contribution in [1.82, 2.24) is 10.6 Å². The van der Waals surface area contributed by atoms with Crippen LogP contribution in [0.1, 0.15) is 39.0 Å². The summed E-state index contributed by atoms with van der Waals surface area (Å²) in [6.45, 7) is 7.98. The van der Waals surface area contributed by atoms with Crippen LogP contribution in [-0.2, 0) is 9.53 Å². The van der Waals surface area contributed by atoms with Crippen molar-refractivity contribution in [2.24, 2.45) is 0 Å². The summed E-state index contributed by atoms with van der Waals surface area (Å²) in [6, 6.07) is 0.396. The Bertz CT molecular complexity index is 261. The quantitative estimate of drug-likeness (QED) is 0.511. The highest BCUT2D eigenvalue weighted by Gasteiger charge is 2.14. The van der Waals surface area contributed by atoms with Crippen LogP contribution in [0.5, 0.6) is 0 Å². The van der Waals surface area contributed by atoms with Crippen LogP contribution in [0.15, 0.2) is 12.2 Å². The van der Waals surface area contributed by atoms with Gasteiger partial charge >= 0.3 is 0 Å². The number of carbonyl (C=O) groups is 1. The topological polar surface area (TPSA) is 50.4 Å². The van der Waals surface area contributed by atoms with Crippen molar-refractivity contribution in [2.75, 3.05) is 26.3 Å². The van der Waals surface area contributed by atoms with Gasteiger partial charge in [0.1, 0.15) is 0 Å². The Morgan fingerprint density at radius 2 is 2.06 bits per heavy atom. The highest BCUT2D eigenvalue weighted by Crippen LogP contribution is 2.16. The molecule has 0 radical (unpaired) electrons. The van der Waals surface area contributed by atoms with Crippen molar-refractivity contribution < 1.29 is 9.53 Å². The van der Waals surface area contributed by atoms with Crippen molar-refractivity contribution >= 4 is 5.91 Å². The van der Waals surface area contributed by atoms with Gasteiger partial charge < -0.3 is 15.4 Å². The van der Waals surface area contributed by atoms with E-state index in [4.69, 9.17) is 4.74 Å². The molecule has 1 amide bonds. The van der Waals surface area contributed by atoms with E-state index in [1.54, 1.807) is 0 Å². The highest BCUT2D eigenvalue weighted by atomic mass is 16.5. The second-order valence-electron chi connectivity index (χ2n) is 5.09. The summed E-state index contributed by atoms with van der Waals surface area (Å²) in [5.41, 5.74) is 1.02. The van der Waals surface area contributed by atoms with Crippen LogP contribution in [0.4, 0.5) is 0 Å². The molecule has 18 heavy (non-hydrogen) atoms. The zero-order valence-corrected chi connectivity index (χ0v) is 11.5. The normalized spacial score (nSPS) is 16.5. The number of rotatable bonds is 8. The van der Waals surface area contributed by atoms with E-state index < -0.39 is 0 Å².